The Morgan fingerprint density at radius 3 is 2.73 bits per heavy atom. The molecular formula is C18H19N3O. The van der Waals surface area contributed by atoms with E-state index in [2.05, 4.69) is 42.3 Å². The molecule has 0 fully saturated rings. The Labute approximate surface area is 129 Å². The zero-order chi connectivity index (χ0) is 15.7. The summed E-state index contributed by atoms with van der Waals surface area (Å²) in [5, 5.41) is 3.37. The third-order valence-electron chi connectivity index (χ3n) is 3.79. The normalized spacial score (nSPS) is 10.9. The van der Waals surface area contributed by atoms with Crippen molar-refractivity contribution in [3.8, 4) is 0 Å². The second-order valence-corrected chi connectivity index (χ2v) is 5.64. The highest BCUT2D eigenvalue weighted by Crippen LogP contribution is 2.17. The van der Waals surface area contributed by atoms with E-state index in [1.165, 1.54) is 11.1 Å². The Kier molecular flexibility index (Phi) is 3.67. The molecule has 2 aromatic heterocycles. The fourth-order valence-corrected chi connectivity index (χ4v) is 2.51. The van der Waals surface area contributed by atoms with Gasteiger partial charge in [-0.15, -0.1) is 0 Å². The number of benzene rings is 1. The molecule has 4 heteroatoms. The monoisotopic (exact) mass is 293 g/mol. The first-order chi connectivity index (χ1) is 10.5. The quantitative estimate of drug-likeness (QED) is 0.806. The largest absolute Gasteiger partial charge is 0.379 e. The number of aryl methyl sites for hydroxylation is 3. The van der Waals surface area contributed by atoms with Crippen LogP contribution in [0.15, 0.2) is 47.4 Å². The van der Waals surface area contributed by atoms with E-state index in [-0.39, 0.29) is 5.56 Å². The maximum absolute atomic E-state index is 12.2. The molecule has 112 valence electrons. The van der Waals surface area contributed by atoms with Crippen molar-refractivity contribution in [1.82, 2.24) is 9.38 Å². The Balaban J connectivity index is 1.93. The minimum absolute atomic E-state index is 0.0496. The molecule has 2 heterocycles. The molecule has 0 bridgehead atoms. The van der Waals surface area contributed by atoms with Crippen molar-refractivity contribution < 1.29 is 0 Å². The van der Waals surface area contributed by atoms with Crippen LogP contribution in [-0.4, -0.2) is 9.38 Å². The van der Waals surface area contributed by atoms with Gasteiger partial charge in [-0.25, -0.2) is 4.98 Å². The third-order valence-corrected chi connectivity index (χ3v) is 3.79. The van der Waals surface area contributed by atoms with Gasteiger partial charge in [0.15, 0.2) is 0 Å². The average molecular weight is 293 g/mol. The number of pyridine rings is 1. The molecule has 22 heavy (non-hydrogen) atoms. The summed E-state index contributed by atoms with van der Waals surface area (Å²) in [4.78, 5) is 16.8. The summed E-state index contributed by atoms with van der Waals surface area (Å²) >= 11 is 0. The van der Waals surface area contributed by atoms with Crippen LogP contribution in [0, 0.1) is 20.8 Å². The molecule has 0 radical (unpaired) electrons. The van der Waals surface area contributed by atoms with E-state index in [0.29, 0.717) is 12.2 Å². The van der Waals surface area contributed by atoms with Crippen molar-refractivity contribution in [2.45, 2.75) is 27.3 Å². The van der Waals surface area contributed by atoms with Gasteiger partial charge in [0, 0.05) is 18.0 Å². The molecule has 0 saturated heterocycles. The van der Waals surface area contributed by atoms with Crippen LogP contribution in [0.4, 0.5) is 5.69 Å². The van der Waals surface area contributed by atoms with Crippen LogP contribution in [0.2, 0.25) is 0 Å². The lowest BCUT2D eigenvalue weighted by Gasteiger charge is -2.11. The van der Waals surface area contributed by atoms with E-state index in [4.69, 9.17) is 0 Å². The minimum atomic E-state index is -0.0496. The number of hydrogen-bond acceptors (Lipinski definition) is 3. The van der Waals surface area contributed by atoms with Gasteiger partial charge in [-0.1, -0.05) is 18.2 Å². The van der Waals surface area contributed by atoms with Crippen molar-refractivity contribution in [3.63, 3.8) is 0 Å². The molecule has 4 nitrogen and oxygen atoms in total. The number of rotatable bonds is 3. The fraction of sp³-hybridized carbons (Fsp3) is 0.222. The molecule has 0 aliphatic rings. The van der Waals surface area contributed by atoms with Gasteiger partial charge in [0.25, 0.3) is 5.56 Å². The Morgan fingerprint density at radius 1 is 1.09 bits per heavy atom. The summed E-state index contributed by atoms with van der Waals surface area (Å²) in [6, 6.07) is 11.7. The smallest absolute Gasteiger partial charge is 0.258 e. The van der Waals surface area contributed by atoms with Gasteiger partial charge < -0.3 is 5.32 Å². The fourth-order valence-electron chi connectivity index (χ4n) is 2.51. The second-order valence-electron chi connectivity index (χ2n) is 5.64. The molecular weight excluding hydrogens is 274 g/mol. The first kappa shape index (κ1) is 14.3. The first-order valence-electron chi connectivity index (χ1n) is 7.33. The van der Waals surface area contributed by atoms with Gasteiger partial charge in [-0.3, -0.25) is 9.20 Å². The number of fused-ring (bicyclic) bond motifs is 1. The summed E-state index contributed by atoms with van der Waals surface area (Å²) < 4.78 is 1.58. The van der Waals surface area contributed by atoms with Gasteiger partial charge in [0.2, 0.25) is 0 Å². The predicted octanol–water partition coefficient (Wildman–Crippen LogP) is 3.23. The van der Waals surface area contributed by atoms with E-state index in [1.807, 2.05) is 19.1 Å². The SMILES string of the molecule is Cc1ccc(C)c(NCc2cc(=O)n3cccc(C)c3n2)c1. The molecule has 0 atom stereocenters. The van der Waals surface area contributed by atoms with Crippen LogP contribution in [0.5, 0.6) is 0 Å². The molecule has 1 aromatic carbocycles. The molecule has 0 aliphatic heterocycles. The van der Waals surface area contributed by atoms with Crippen molar-refractivity contribution >= 4 is 11.3 Å². The zero-order valence-corrected chi connectivity index (χ0v) is 13.1. The van der Waals surface area contributed by atoms with Gasteiger partial charge in [0.05, 0.1) is 12.2 Å². The summed E-state index contributed by atoms with van der Waals surface area (Å²) in [7, 11) is 0. The molecule has 0 unspecified atom stereocenters. The van der Waals surface area contributed by atoms with Crippen LogP contribution < -0.4 is 10.9 Å². The molecule has 0 saturated carbocycles. The molecule has 3 aromatic rings. The van der Waals surface area contributed by atoms with Gasteiger partial charge in [0.1, 0.15) is 5.65 Å². The third kappa shape index (κ3) is 2.72. The minimum Gasteiger partial charge on any atom is -0.379 e. The van der Waals surface area contributed by atoms with Crippen LogP contribution in [0.1, 0.15) is 22.4 Å². The van der Waals surface area contributed by atoms with Crippen LogP contribution >= 0.6 is 0 Å². The van der Waals surface area contributed by atoms with E-state index in [1.54, 1.807) is 16.7 Å². The highest BCUT2D eigenvalue weighted by Gasteiger charge is 2.05. The highest BCUT2D eigenvalue weighted by atomic mass is 16.1. The standard InChI is InChI=1S/C18H19N3O/c1-12-6-7-13(2)16(9-12)19-11-15-10-17(22)21-8-4-5-14(3)18(21)20-15/h4-10,19H,11H2,1-3H3. The zero-order valence-electron chi connectivity index (χ0n) is 13.1. The average Bonchev–Trinajstić information content (AvgIpc) is 2.49. The number of nitrogens with one attached hydrogen (secondary N) is 1. The second kappa shape index (κ2) is 5.64. The first-order valence-corrected chi connectivity index (χ1v) is 7.33. The number of anilines is 1. The van der Waals surface area contributed by atoms with E-state index in [9.17, 15) is 4.79 Å². The molecule has 0 amide bonds. The summed E-state index contributed by atoms with van der Waals surface area (Å²) in [6.45, 7) is 6.62. The van der Waals surface area contributed by atoms with E-state index >= 15 is 0 Å². The summed E-state index contributed by atoms with van der Waals surface area (Å²) in [5.41, 5.74) is 5.87. The molecule has 0 aliphatic carbocycles. The van der Waals surface area contributed by atoms with Crippen LogP contribution in [0.25, 0.3) is 5.65 Å². The summed E-state index contributed by atoms with van der Waals surface area (Å²) in [5.74, 6) is 0. The lowest BCUT2D eigenvalue weighted by Crippen LogP contribution is -2.17. The number of nitrogens with zero attached hydrogens (tertiary/aromatic N) is 2. The Hall–Kier alpha value is -2.62. The van der Waals surface area contributed by atoms with Gasteiger partial charge in [-0.2, -0.15) is 0 Å². The lowest BCUT2D eigenvalue weighted by molar-refractivity contribution is 0.962. The Bertz CT molecular complexity index is 896. The van der Waals surface area contributed by atoms with Crippen molar-refractivity contribution in [3.05, 3.63) is 75.3 Å². The number of aromatic nitrogens is 2. The predicted molar refractivity (Wildman–Crippen MR) is 89.4 cm³/mol. The van der Waals surface area contributed by atoms with Gasteiger partial charge in [-0.05, 0) is 49.6 Å². The van der Waals surface area contributed by atoms with E-state index in [0.717, 1.165) is 16.9 Å². The van der Waals surface area contributed by atoms with Gasteiger partial charge >= 0.3 is 0 Å². The Morgan fingerprint density at radius 2 is 1.91 bits per heavy atom. The van der Waals surface area contributed by atoms with E-state index < -0.39 is 0 Å². The van der Waals surface area contributed by atoms with Crippen LogP contribution in [0.3, 0.4) is 0 Å². The molecule has 0 spiro atoms. The highest BCUT2D eigenvalue weighted by molar-refractivity contribution is 5.53. The van der Waals surface area contributed by atoms with Crippen molar-refractivity contribution in [1.29, 1.82) is 0 Å². The molecule has 1 N–H and O–H groups in total. The molecule has 3 rings (SSSR count). The lowest BCUT2D eigenvalue weighted by atomic mass is 10.1. The van der Waals surface area contributed by atoms with Crippen molar-refractivity contribution in [2.24, 2.45) is 0 Å². The summed E-state index contributed by atoms with van der Waals surface area (Å²) in [6.07, 6.45) is 1.75. The van der Waals surface area contributed by atoms with Crippen molar-refractivity contribution in [2.75, 3.05) is 5.32 Å². The topological polar surface area (TPSA) is 46.4 Å². The van der Waals surface area contributed by atoms with Crippen LogP contribution in [-0.2, 0) is 6.54 Å². The maximum Gasteiger partial charge on any atom is 0.258 e. The number of hydrogen-bond donors (Lipinski definition) is 1. The maximum atomic E-state index is 12.2.